The zero-order chi connectivity index (χ0) is 9.68. The molecule has 1 aromatic rings. The van der Waals surface area contributed by atoms with Crippen molar-refractivity contribution in [2.24, 2.45) is 0 Å². The van der Waals surface area contributed by atoms with Gasteiger partial charge < -0.3 is 5.11 Å². The molecule has 0 amide bonds. The molecule has 0 heterocycles. The minimum Gasteiger partial charge on any atom is -0.508 e. The van der Waals surface area contributed by atoms with Crippen LogP contribution in [0, 0.1) is 0 Å². The molecule has 0 unspecified atom stereocenters. The lowest BCUT2D eigenvalue weighted by Crippen LogP contribution is -1.86. The Kier molecular flexibility index (Phi) is 3.26. The first kappa shape index (κ1) is 9.52. The van der Waals surface area contributed by atoms with Gasteiger partial charge in [-0.3, -0.25) is 4.79 Å². The normalized spacial score (nSPS) is 10.5. The molecule has 0 aromatic heterocycles. The van der Waals surface area contributed by atoms with Crippen LogP contribution >= 0.6 is 0 Å². The predicted octanol–water partition coefficient (Wildman–Crippen LogP) is 2.38. The molecular formula is C11H12O2. The summed E-state index contributed by atoms with van der Waals surface area (Å²) in [5, 5.41) is 9.12. The maximum atomic E-state index is 10.9. The Balaban J connectivity index is 2.74. The minimum atomic E-state index is 0.0864. The first-order valence-electron chi connectivity index (χ1n) is 4.22. The molecule has 0 fully saturated rings. The van der Waals surface area contributed by atoms with E-state index in [0.29, 0.717) is 6.42 Å². The van der Waals surface area contributed by atoms with Gasteiger partial charge in [-0.25, -0.2) is 0 Å². The molecule has 0 saturated carbocycles. The third kappa shape index (κ3) is 3.11. The maximum Gasteiger partial charge on any atom is 0.155 e. The molecule has 0 radical (unpaired) electrons. The van der Waals surface area contributed by atoms with E-state index in [1.54, 1.807) is 24.3 Å². The van der Waals surface area contributed by atoms with Gasteiger partial charge in [0.1, 0.15) is 5.75 Å². The number of rotatable bonds is 3. The summed E-state index contributed by atoms with van der Waals surface area (Å²) >= 11 is 0. The Morgan fingerprint density at radius 1 is 1.54 bits per heavy atom. The van der Waals surface area contributed by atoms with Gasteiger partial charge >= 0.3 is 0 Å². The Morgan fingerprint density at radius 2 is 2.31 bits per heavy atom. The third-order valence-corrected chi connectivity index (χ3v) is 1.68. The number of benzene rings is 1. The van der Waals surface area contributed by atoms with Gasteiger partial charge in [-0.05, 0) is 23.8 Å². The number of carbonyl (C=O) groups excluding carboxylic acids is 1. The first-order valence-corrected chi connectivity index (χ1v) is 4.22. The zero-order valence-corrected chi connectivity index (χ0v) is 7.53. The van der Waals surface area contributed by atoms with Crippen molar-refractivity contribution in [3.05, 3.63) is 35.9 Å². The lowest BCUT2D eigenvalue weighted by Gasteiger charge is -1.93. The van der Waals surface area contributed by atoms with Crippen LogP contribution in [-0.4, -0.2) is 10.9 Å². The summed E-state index contributed by atoms with van der Waals surface area (Å²) in [6.07, 6.45) is 3.73. The fourth-order valence-corrected chi connectivity index (χ4v) is 0.935. The van der Waals surface area contributed by atoms with Crippen molar-refractivity contribution in [3.63, 3.8) is 0 Å². The molecule has 2 nitrogen and oxygen atoms in total. The number of aromatic hydroxyl groups is 1. The molecule has 0 aliphatic carbocycles. The van der Waals surface area contributed by atoms with Crippen LogP contribution in [-0.2, 0) is 4.79 Å². The summed E-state index contributed by atoms with van der Waals surface area (Å²) in [5.74, 6) is 0.300. The van der Waals surface area contributed by atoms with E-state index in [1.165, 1.54) is 6.08 Å². The lowest BCUT2D eigenvalue weighted by molar-refractivity contribution is -0.114. The van der Waals surface area contributed by atoms with Crippen LogP contribution in [0.5, 0.6) is 5.75 Å². The maximum absolute atomic E-state index is 10.9. The summed E-state index contributed by atoms with van der Waals surface area (Å²) in [6, 6.07) is 6.78. The van der Waals surface area contributed by atoms with Crippen molar-refractivity contribution >= 4 is 11.9 Å². The second kappa shape index (κ2) is 4.45. The fraction of sp³-hybridized carbons (Fsp3) is 0.182. The van der Waals surface area contributed by atoms with Crippen LogP contribution in [0.3, 0.4) is 0 Å². The highest BCUT2D eigenvalue weighted by Gasteiger charge is 1.91. The van der Waals surface area contributed by atoms with Crippen LogP contribution < -0.4 is 0 Å². The van der Waals surface area contributed by atoms with Gasteiger partial charge in [-0.15, -0.1) is 0 Å². The third-order valence-electron chi connectivity index (χ3n) is 1.68. The summed E-state index contributed by atoms with van der Waals surface area (Å²) < 4.78 is 0. The molecule has 0 spiro atoms. The average Bonchev–Trinajstić information content (AvgIpc) is 2.14. The number of allylic oxidation sites excluding steroid dienone is 1. The molecule has 1 aromatic carbocycles. The number of carbonyl (C=O) groups is 1. The van der Waals surface area contributed by atoms with Crippen molar-refractivity contribution in [1.82, 2.24) is 0 Å². The molecule has 2 heteroatoms. The number of hydrogen-bond donors (Lipinski definition) is 1. The highest BCUT2D eigenvalue weighted by Crippen LogP contribution is 2.11. The molecule has 1 N–H and O–H groups in total. The van der Waals surface area contributed by atoms with E-state index in [2.05, 4.69) is 0 Å². The molecule has 1 rings (SSSR count). The first-order chi connectivity index (χ1) is 6.22. The van der Waals surface area contributed by atoms with E-state index >= 15 is 0 Å². The van der Waals surface area contributed by atoms with E-state index in [4.69, 9.17) is 5.11 Å². The summed E-state index contributed by atoms with van der Waals surface area (Å²) in [5.41, 5.74) is 0.835. The summed E-state index contributed by atoms with van der Waals surface area (Å²) in [6.45, 7) is 1.81. The zero-order valence-electron chi connectivity index (χ0n) is 7.53. The molecule has 68 valence electrons. The molecular weight excluding hydrogens is 164 g/mol. The van der Waals surface area contributed by atoms with Crippen LogP contribution in [0.1, 0.15) is 18.9 Å². The molecule has 0 aliphatic heterocycles. The quantitative estimate of drug-likeness (QED) is 0.718. The van der Waals surface area contributed by atoms with Gasteiger partial charge in [-0.2, -0.15) is 0 Å². The van der Waals surface area contributed by atoms with Gasteiger partial charge in [0.05, 0.1) is 0 Å². The Labute approximate surface area is 77.5 Å². The van der Waals surface area contributed by atoms with Crippen LogP contribution in [0.2, 0.25) is 0 Å². The number of ketones is 1. The highest BCUT2D eigenvalue weighted by molar-refractivity contribution is 5.93. The van der Waals surface area contributed by atoms with E-state index in [-0.39, 0.29) is 11.5 Å². The Bertz CT molecular complexity index is 327. The van der Waals surface area contributed by atoms with Gasteiger partial charge in [0.25, 0.3) is 0 Å². The smallest absolute Gasteiger partial charge is 0.155 e. The largest absolute Gasteiger partial charge is 0.508 e. The molecule has 0 aliphatic rings. The number of phenolic OH excluding ortho intramolecular Hbond substituents is 1. The lowest BCUT2D eigenvalue weighted by atomic mass is 10.2. The Morgan fingerprint density at radius 3 is 2.92 bits per heavy atom. The van der Waals surface area contributed by atoms with Crippen molar-refractivity contribution in [1.29, 1.82) is 0 Å². The number of phenols is 1. The van der Waals surface area contributed by atoms with Gasteiger partial charge in [0.2, 0.25) is 0 Å². The van der Waals surface area contributed by atoms with E-state index in [0.717, 1.165) is 5.56 Å². The summed E-state index contributed by atoms with van der Waals surface area (Å²) in [4.78, 5) is 10.9. The standard InChI is InChI=1S/C11H12O2/c1-2-10(12)7-6-9-4-3-5-11(13)8-9/h3-8,13H,2H2,1H3. The van der Waals surface area contributed by atoms with Crippen LogP contribution in [0.15, 0.2) is 30.3 Å². The fourth-order valence-electron chi connectivity index (χ4n) is 0.935. The minimum absolute atomic E-state index is 0.0864. The monoisotopic (exact) mass is 176 g/mol. The Hall–Kier alpha value is -1.57. The van der Waals surface area contributed by atoms with E-state index in [9.17, 15) is 4.79 Å². The van der Waals surface area contributed by atoms with E-state index in [1.807, 2.05) is 13.0 Å². The van der Waals surface area contributed by atoms with Crippen molar-refractivity contribution in [2.75, 3.05) is 0 Å². The topological polar surface area (TPSA) is 37.3 Å². The van der Waals surface area contributed by atoms with Crippen molar-refractivity contribution in [3.8, 4) is 5.75 Å². The van der Waals surface area contributed by atoms with Crippen molar-refractivity contribution < 1.29 is 9.90 Å². The average molecular weight is 176 g/mol. The van der Waals surface area contributed by atoms with Crippen LogP contribution in [0.4, 0.5) is 0 Å². The van der Waals surface area contributed by atoms with Gasteiger partial charge in [0, 0.05) is 6.42 Å². The second-order valence-corrected chi connectivity index (χ2v) is 2.75. The number of hydrogen-bond acceptors (Lipinski definition) is 2. The SMILES string of the molecule is CCC(=O)C=Cc1cccc(O)c1. The molecule has 0 saturated heterocycles. The second-order valence-electron chi connectivity index (χ2n) is 2.75. The van der Waals surface area contributed by atoms with Gasteiger partial charge in [0.15, 0.2) is 5.78 Å². The van der Waals surface area contributed by atoms with Crippen LogP contribution in [0.25, 0.3) is 6.08 Å². The molecule has 0 bridgehead atoms. The molecule has 13 heavy (non-hydrogen) atoms. The predicted molar refractivity (Wildman–Crippen MR) is 52.4 cm³/mol. The van der Waals surface area contributed by atoms with E-state index < -0.39 is 0 Å². The van der Waals surface area contributed by atoms with Gasteiger partial charge in [-0.1, -0.05) is 25.1 Å². The van der Waals surface area contributed by atoms with Crippen molar-refractivity contribution in [2.45, 2.75) is 13.3 Å². The molecule has 0 atom stereocenters. The summed E-state index contributed by atoms with van der Waals surface area (Å²) in [7, 11) is 0. The highest BCUT2D eigenvalue weighted by atomic mass is 16.3.